The molecule has 1 aromatic carbocycles. The Morgan fingerprint density at radius 3 is 2.63 bits per heavy atom. The summed E-state index contributed by atoms with van der Waals surface area (Å²) in [5, 5.41) is 2.72. The van der Waals surface area contributed by atoms with E-state index in [1.165, 1.54) is 39.3 Å². The molecule has 0 unspecified atom stereocenters. The van der Waals surface area contributed by atoms with E-state index >= 15 is 0 Å². The highest BCUT2D eigenvalue weighted by atomic mass is 32.2. The number of aromatic nitrogens is 2. The summed E-state index contributed by atoms with van der Waals surface area (Å²) in [7, 11) is -1.01. The molecule has 0 spiro atoms. The van der Waals surface area contributed by atoms with Crippen molar-refractivity contribution in [1.82, 2.24) is 19.6 Å². The van der Waals surface area contributed by atoms with Gasteiger partial charge < -0.3 is 19.4 Å². The van der Waals surface area contributed by atoms with E-state index in [-0.39, 0.29) is 10.6 Å². The maximum atomic E-state index is 12.5. The number of imidazole rings is 1. The molecule has 10 heteroatoms. The third kappa shape index (κ3) is 5.69. The second kappa shape index (κ2) is 9.38. The fourth-order valence-corrected chi connectivity index (χ4v) is 3.60. The van der Waals surface area contributed by atoms with E-state index in [2.05, 4.69) is 15.0 Å². The molecule has 2 rings (SSSR count). The first-order valence-corrected chi connectivity index (χ1v) is 9.83. The van der Waals surface area contributed by atoms with Crippen LogP contribution in [0.15, 0.2) is 41.8 Å². The number of nitrogens with one attached hydrogen (secondary N) is 2. The Balaban J connectivity index is 1.90. The zero-order valence-electron chi connectivity index (χ0n) is 15.5. The molecule has 27 heavy (non-hydrogen) atoms. The van der Waals surface area contributed by atoms with Crippen LogP contribution in [0.4, 0.5) is 0 Å². The van der Waals surface area contributed by atoms with Crippen LogP contribution in [0.3, 0.4) is 0 Å². The van der Waals surface area contributed by atoms with E-state index in [0.717, 1.165) is 0 Å². The number of nitrogens with zero attached hydrogens (tertiary/aromatic N) is 2. The molecule has 0 fully saturated rings. The highest BCUT2D eigenvalue weighted by molar-refractivity contribution is 7.89. The van der Waals surface area contributed by atoms with E-state index < -0.39 is 22.0 Å². The second-order valence-electron chi connectivity index (χ2n) is 5.80. The van der Waals surface area contributed by atoms with Gasteiger partial charge in [0.05, 0.1) is 31.5 Å². The maximum absolute atomic E-state index is 12.5. The van der Waals surface area contributed by atoms with E-state index in [0.29, 0.717) is 25.3 Å². The first-order chi connectivity index (χ1) is 12.9. The number of carbonyl (C=O) groups excluding carboxylic acids is 1. The Kier molecular flexibility index (Phi) is 7.19. The van der Waals surface area contributed by atoms with Crippen molar-refractivity contribution in [2.45, 2.75) is 30.8 Å². The van der Waals surface area contributed by atoms with Crippen LogP contribution >= 0.6 is 0 Å². The molecule has 1 amide bonds. The van der Waals surface area contributed by atoms with Gasteiger partial charge in [0.15, 0.2) is 11.5 Å². The lowest BCUT2D eigenvalue weighted by Gasteiger charge is -2.15. The summed E-state index contributed by atoms with van der Waals surface area (Å²) in [6, 6.07) is 3.31. The molecule has 2 aromatic rings. The lowest BCUT2D eigenvalue weighted by atomic mass is 10.3. The van der Waals surface area contributed by atoms with E-state index in [4.69, 9.17) is 9.47 Å². The van der Waals surface area contributed by atoms with Crippen LogP contribution in [-0.4, -0.2) is 50.7 Å². The van der Waals surface area contributed by atoms with Crippen molar-refractivity contribution in [2.24, 2.45) is 0 Å². The number of carbonyl (C=O) groups is 1. The number of aryl methyl sites for hydroxylation is 1. The van der Waals surface area contributed by atoms with Crippen LogP contribution in [0.5, 0.6) is 11.5 Å². The summed E-state index contributed by atoms with van der Waals surface area (Å²) >= 11 is 0. The number of sulfonamides is 1. The highest BCUT2D eigenvalue weighted by Gasteiger charge is 2.23. The third-order valence-corrected chi connectivity index (χ3v) is 5.38. The molecule has 2 N–H and O–H groups in total. The van der Waals surface area contributed by atoms with Gasteiger partial charge in [0, 0.05) is 31.5 Å². The normalized spacial score (nSPS) is 12.4. The predicted molar refractivity (Wildman–Crippen MR) is 99.2 cm³/mol. The van der Waals surface area contributed by atoms with E-state index in [1.807, 2.05) is 10.8 Å². The summed E-state index contributed by atoms with van der Waals surface area (Å²) in [6.45, 7) is 2.63. The molecule has 0 saturated carbocycles. The van der Waals surface area contributed by atoms with Crippen LogP contribution in [-0.2, 0) is 21.4 Å². The van der Waals surface area contributed by atoms with E-state index in [1.54, 1.807) is 12.5 Å². The van der Waals surface area contributed by atoms with Gasteiger partial charge in [0.25, 0.3) is 0 Å². The number of amides is 1. The van der Waals surface area contributed by atoms with Crippen molar-refractivity contribution in [2.75, 3.05) is 20.8 Å². The molecule has 148 valence electrons. The molecule has 0 aliphatic rings. The monoisotopic (exact) mass is 396 g/mol. The van der Waals surface area contributed by atoms with Gasteiger partial charge in [-0.3, -0.25) is 4.79 Å². The minimum absolute atomic E-state index is 0.0140. The Morgan fingerprint density at radius 1 is 1.26 bits per heavy atom. The number of rotatable bonds is 10. The molecule has 0 saturated heterocycles. The highest BCUT2D eigenvalue weighted by Crippen LogP contribution is 2.29. The second-order valence-corrected chi connectivity index (χ2v) is 7.52. The topological polar surface area (TPSA) is 112 Å². The average molecular weight is 396 g/mol. The van der Waals surface area contributed by atoms with Gasteiger partial charge in [-0.25, -0.2) is 13.4 Å². The standard InChI is InChI=1S/C17H24N4O5S/c1-13(17(22)19-7-4-9-21-10-8-18-12-21)20-27(23,24)14-5-6-15(25-2)16(11-14)26-3/h5-6,8,10-13,20H,4,7,9H2,1-3H3,(H,19,22)/t13-/m0/s1. The Labute approximate surface area is 158 Å². The summed E-state index contributed by atoms with van der Waals surface area (Å²) in [5.74, 6) is 0.307. The Morgan fingerprint density at radius 2 is 2.00 bits per heavy atom. The maximum Gasteiger partial charge on any atom is 0.241 e. The van der Waals surface area contributed by atoms with Gasteiger partial charge in [-0.1, -0.05) is 0 Å². The van der Waals surface area contributed by atoms with Crippen LogP contribution < -0.4 is 19.5 Å². The fraction of sp³-hybridized carbons (Fsp3) is 0.412. The molecule has 0 radical (unpaired) electrons. The minimum atomic E-state index is -3.89. The van der Waals surface area contributed by atoms with Crippen molar-refractivity contribution >= 4 is 15.9 Å². The molecule has 0 aliphatic carbocycles. The van der Waals surface area contributed by atoms with E-state index in [9.17, 15) is 13.2 Å². The molecular formula is C17H24N4O5S. The predicted octanol–water partition coefficient (Wildman–Crippen LogP) is 0.774. The first kappa shape index (κ1) is 20.7. The number of hydrogen-bond donors (Lipinski definition) is 2. The summed E-state index contributed by atoms with van der Waals surface area (Å²) in [5.41, 5.74) is 0. The molecular weight excluding hydrogens is 372 g/mol. The molecule has 9 nitrogen and oxygen atoms in total. The van der Waals surface area contributed by atoms with Gasteiger partial charge in [0.1, 0.15) is 0 Å². The van der Waals surface area contributed by atoms with Crippen molar-refractivity contribution in [1.29, 1.82) is 0 Å². The Bertz CT molecular complexity index is 852. The fourth-order valence-electron chi connectivity index (χ4n) is 2.38. The summed E-state index contributed by atoms with van der Waals surface area (Å²) in [6.07, 6.45) is 5.92. The van der Waals surface area contributed by atoms with Gasteiger partial charge in [-0.15, -0.1) is 0 Å². The van der Waals surface area contributed by atoms with Crippen LogP contribution in [0, 0.1) is 0 Å². The quantitative estimate of drug-likeness (QED) is 0.574. The third-order valence-electron chi connectivity index (χ3n) is 3.84. The molecule has 1 atom stereocenters. The number of benzene rings is 1. The molecule has 0 aliphatic heterocycles. The lowest BCUT2D eigenvalue weighted by Crippen LogP contribution is -2.45. The zero-order chi connectivity index (χ0) is 19.9. The number of methoxy groups -OCH3 is 2. The van der Waals surface area contributed by atoms with Crippen LogP contribution in [0.25, 0.3) is 0 Å². The SMILES string of the molecule is COc1ccc(S(=O)(=O)N[C@@H](C)C(=O)NCCCn2ccnc2)cc1OC. The van der Waals surface area contributed by atoms with Crippen molar-refractivity contribution in [3.63, 3.8) is 0 Å². The van der Waals surface area contributed by atoms with Gasteiger partial charge in [-0.2, -0.15) is 4.72 Å². The van der Waals surface area contributed by atoms with Gasteiger partial charge >= 0.3 is 0 Å². The first-order valence-electron chi connectivity index (χ1n) is 8.35. The number of ether oxygens (including phenoxy) is 2. The molecule has 1 aromatic heterocycles. The number of hydrogen-bond acceptors (Lipinski definition) is 6. The van der Waals surface area contributed by atoms with Crippen molar-refractivity contribution in [3.05, 3.63) is 36.9 Å². The van der Waals surface area contributed by atoms with Gasteiger partial charge in [0.2, 0.25) is 15.9 Å². The smallest absolute Gasteiger partial charge is 0.241 e. The lowest BCUT2D eigenvalue weighted by molar-refractivity contribution is -0.122. The summed E-state index contributed by atoms with van der Waals surface area (Å²) < 4.78 is 39.5. The zero-order valence-corrected chi connectivity index (χ0v) is 16.3. The van der Waals surface area contributed by atoms with Crippen LogP contribution in [0.1, 0.15) is 13.3 Å². The minimum Gasteiger partial charge on any atom is -0.493 e. The molecule has 1 heterocycles. The molecule has 0 bridgehead atoms. The summed E-state index contributed by atoms with van der Waals surface area (Å²) in [4.78, 5) is 16.1. The van der Waals surface area contributed by atoms with Crippen LogP contribution in [0.2, 0.25) is 0 Å². The average Bonchev–Trinajstić information content (AvgIpc) is 3.17. The van der Waals surface area contributed by atoms with Crippen molar-refractivity contribution in [3.8, 4) is 11.5 Å². The largest absolute Gasteiger partial charge is 0.493 e. The van der Waals surface area contributed by atoms with Gasteiger partial charge in [-0.05, 0) is 25.5 Å². The Hall–Kier alpha value is -2.59. The van der Waals surface area contributed by atoms with Crippen molar-refractivity contribution < 1.29 is 22.7 Å².